The monoisotopic (exact) mass is 962 g/mol. The SMILES string of the molecule is COc1ccc(/C=C\c2ccc3c(-c4c(OC(=O)c5ccc(/C=C\c6ccccc6)cc5)ccc5cc(/C=C\c6ccc(OC)cc6)ccc45)c(OC(=O)c4ccc(/C=C\c5ccccc5)cc4)ccc3c2)cc1. The Kier molecular flexibility index (Phi) is 14.6. The predicted octanol–water partition coefficient (Wildman–Crippen LogP) is 16.8. The van der Waals surface area contributed by atoms with Gasteiger partial charge in [-0.2, -0.15) is 0 Å². The highest BCUT2D eigenvalue weighted by atomic mass is 16.5. The first-order valence-electron chi connectivity index (χ1n) is 24.2. The summed E-state index contributed by atoms with van der Waals surface area (Å²) in [5.41, 5.74) is 9.95. The molecule has 10 aromatic rings. The molecule has 0 heterocycles. The third-order valence-corrected chi connectivity index (χ3v) is 12.7. The summed E-state index contributed by atoms with van der Waals surface area (Å²) in [6.45, 7) is 0. The minimum atomic E-state index is -0.533. The van der Waals surface area contributed by atoms with Crippen LogP contribution in [0.5, 0.6) is 23.0 Å². The van der Waals surface area contributed by atoms with E-state index in [1.54, 1.807) is 38.5 Å². The van der Waals surface area contributed by atoms with Crippen LogP contribution < -0.4 is 18.9 Å². The summed E-state index contributed by atoms with van der Waals surface area (Å²) in [5, 5.41) is 3.36. The fourth-order valence-electron chi connectivity index (χ4n) is 8.66. The Labute approximate surface area is 431 Å². The summed E-state index contributed by atoms with van der Waals surface area (Å²) in [7, 11) is 3.30. The van der Waals surface area contributed by atoms with Crippen LogP contribution in [0.2, 0.25) is 0 Å². The molecule has 0 saturated heterocycles. The third-order valence-electron chi connectivity index (χ3n) is 12.7. The van der Waals surface area contributed by atoms with Crippen LogP contribution in [-0.2, 0) is 0 Å². The zero-order valence-electron chi connectivity index (χ0n) is 40.9. The van der Waals surface area contributed by atoms with Gasteiger partial charge >= 0.3 is 11.9 Å². The van der Waals surface area contributed by atoms with Crippen molar-refractivity contribution in [1.29, 1.82) is 0 Å². The molecule has 358 valence electrons. The highest BCUT2D eigenvalue weighted by Gasteiger charge is 2.23. The van der Waals surface area contributed by atoms with Gasteiger partial charge in [-0.15, -0.1) is 0 Å². The highest BCUT2D eigenvalue weighted by molar-refractivity contribution is 6.12. The topological polar surface area (TPSA) is 71.1 Å². The first-order chi connectivity index (χ1) is 36.3. The smallest absolute Gasteiger partial charge is 0.343 e. The van der Waals surface area contributed by atoms with Crippen molar-refractivity contribution in [2.24, 2.45) is 0 Å². The van der Waals surface area contributed by atoms with Gasteiger partial charge in [0.1, 0.15) is 23.0 Å². The molecular weight excluding hydrogens is 913 g/mol. The summed E-state index contributed by atoms with van der Waals surface area (Å²) in [5.74, 6) is 1.12. The van der Waals surface area contributed by atoms with Gasteiger partial charge in [0.2, 0.25) is 0 Å². The van der Waals surface area contributed by atoms with Crippen LogP contribution in [0.15, 0.2) is 218 Å². The van der Waals surface area contributed by atoms with E-state index in [4.69, 9.17) is 18.9 Å². The molecule has 10 rings (SSSR count). The summed E-state index contributed by atoms with van der Waals surface area (Å²) < 4.78 is 23.6. The molecular formula is C68H50O6. The molecule has 0 aliphatic rings. The second-order valence-corrected chi connectivity index (χ2v) is 17.6. The van der Waals surface area contributed by atoms with Crippen molar-refractivity contribution in [1.82, 2.24) is 0 Å². The molecule has 0 bridgehead atoms. The lowest BCUT2D eigenvalue weighted by molar-refractivity contribution is 0.0723. The van der Waals surface area contributed by atoms with Crippen LogP contribution in [0.25, 0.3) is 81.3 Å². The lowest BCUT2D eigenvalue weighted by atomic mass is 9.90. The third kappa shape index (κ3) is 11.5. The fourth-order valence-corrected chi connectivity index (χ4v) is 8.66. The molecule has 0 atom stereocenters. The molecule has 0 unspecified atom stereocenters. The van der Waals surface area contributed by atoms with Crippen LogP contribution in [0, 0.1) is 0 Å². The van der Waals surface area contributed by atoms with E-state index in [-0.39, 0.29) is 0 Å². The van der Waals surface area contributed by atoms with Crippen molar-refractivity contribution in [2.75, 3.05) is 14.2 Å². The summed E-state index contributed by atoms with van der Waals surface area (Å²) >= 11 is 0. The normalized spacial score (nSPS) is 11.5. The standard InChI is InChI=1S/C68H50O6/c1-71-59-37-25-51(26-38-59)17-19-53-29-41-61-57(45-53)35-43-63(73-67(69)55-31-21-49(22-32-55)15-13-47-9-5-3-6-10-47)65(61)66-62-42-30-54(20-18-52-27-39-60(72-2)40-28-52)46-58(62)36-44-64(66)74-68(70)56-33-23-50(24-34-56)16-14-48-11-7-4-8-12-48/h3-46H,1-2H3/b15-13-,16-14-,19-17-,20-18-. The molecule has 10 aromatic carbocycles. The number of fused-ring (bicyclic) bond motifs is 2. The number of hydrogen-bond donors (Lipinski definition) is 0. The molecule has 0 saturated carbocycles. The van der Waals surface area contributed by atoms with Crippen LogP contribution >= 0.6 is 0 Å². The molecule has 74 heavy (non-hydrogen) atoms. The van der Waals surface area contributed by atoms with E-state index in [1.165, 1.54) is 0 Å². The number of methoxy groups -OCH3 is 2. The molecule has 6 nitrogen and oxygen atoms in total. The highest BCUT2D eigenvalue weighted by Crippen LogP contribution is 2.46. The van der Waals surface area contributed by atoms with E-state index in [2.05, 4.69) is 36.4 Å². The van der Waals surface area contributed by atoms with Crippen molar-refractivity contribution >= 4 is 82.1 Å². The van der Waals surface area contributed by atoms with Crippen molar-refractivity contribution in [3.63, 3.8) is 0 Å². The Balaban J connectivity index is 1.06. The van der Waals surface area contributed by atoms with Crippen LogP contribution in [-0.4, -0.2) is 26.2 Å². The summed E-state index contributed by atoms with van der Waals surface area (Å²) in [6, 6.07) is 70.4. The zero-order valence-corrected chi connectivity index (χ0v) is 40.9. The van der Waals surface area contributed by atoms with Gasteiger partial charge < -0.3 is 18.9 Å². The Morgan fingerprint density at radius 2 is 0.608 bits per heavy atom. The number of carbonyl (C=O) groups is 2. The van der Waals surface area contributed by atoms with Crippen LogP contribution in [0.3, 0.4) is 0 Å². The largest absolute Gasteiger partial charge is 0.497 e. The Morgan fingerprint density at radius 3 is 0.946 bits per heavy atom. The number of ether oxygens (including phenoxy) is 4. The van der Waals surface area contributed by atoms with Gasteiger partial charge in [-0.25, -0.2) is 9.59 Å². The van der Waals surface area contributed by atoms with E-state index in [0.717, 1.165) is 77.6 Å². The number of carbonyl (C=O) groups excluding carboxylic acids is 2. The van der Waals surface area contributed by atoms with Crippen molar-refractivity contribution in [3.05, 3.63) is 274 Å². The first kappa shape index (κ1) is 47.9. The Morgan fingerprint density at radius 1 is 0.311 bits per heavy atom. The van der Waals surface area contributed by atoms with E-state index >= 15 is 0 Å². The summed E-state index contributed by atoms with van der Waals surface area (Å²) in [6.07, 6.45) is 16.3. The Hall–Kier alpha value is -9.78. The quantitative estimate of drug-likeness (QED) is 0.0579. The maximum absolute atomic E-state index is 14.3. The van der Waals surface area contributed by atoms with Crippen molar-refractivity contribution < 1.29 is 28.5 Å². The van der Waals surface area contributed by atoms with Crippen LogP contribution in [0.4, 0.5) is 0 Å². The molecule has 6 heteroatoms. The summed E-state index contributed by atoms with van der Waals surface area (Å²) in [4.78, 5) is 28.6. The van der Waals surface area contributed by atoms with Gasteiger partial charge in [0.25, 0.3) is 0 Å². The van der Waals surface area contributed by atoms with Gasteiger partial charge in [-0.3, -0.25) is 0 Å². The second kappa shape index (κ2) is 22.5. The Bertz CT molecular complexity index is 3470. The van der Waals surface area contributed by atoms with Crippen molar-refractivity contribution in [2.45, 2.75) is 0 Å². The zero-order chi connectivity index (χ0) is 50.6. The number of benzene rings is 10. The number of hydrogen-bond acceptors (Lipinski definition) is 6. The minimum Gasteiger partial charge on any atom is -0.497 e. The van der Waals surface area contributed by atoms with E-state index < -0.39 is 11.9 Å². The molecule has 0 aliphatic carbocycles. The van der Waals surface area contributed by atoms with Gasteiger partial charge in [-0.1, -0.05) is 194 Å². The second-order valence-electron chi connectivity index (χ2n) is 17.6. The minimum absolute atomic E-state index is 0.305. The van der Waals surface area contributed by atoms with E-state index in [1.807, 2.05) is 206 Å². The van der Waals surface area contributed by atoms with Crippen LogP contribution in [0.1, 0.15) is 65.2 Å². The van der Waals surface area contributed by atoms with Gasteiger partial charge in [0.05, 0.1) is 25.3 Å². The lowest BCUT2D eigenvalue weighted by Gasteiger charge is -2.19. The first-order valence-corrected chi connectivity index (χ1v) is 24.2. The average molecular weight is 963 g/mol. The molecule has 0 spiro atoms. The maximum Gasteiger partial charge on any atom is 0.343 e. The van der Waals surface area contributed by atoms with Gasteiger partial charge in [0, 0.05) is 11.1 Å². The number of rotatable bonds is 15. The molecule has 0 fully saturated rings. The molecule has 0 aromatic heterocycles. The molecule has 0 aliphatic heterocycles. The van der Waals surface area contributed by atoms with E-state index in [0.29, 0.717) is 33.8 Å². The molecule has 0 radical (unpaired) electrons. The maximum atomic E-state index is 14.3. The average Bonchev–Trinajstić information content (AvgIpc) is 3.46. The number of esters is 2. The van der Waals surface area contributed by atoms with Crippen molar-refractivity contribution in [3.8, 4) is 34.1 Å². The van der Waals surface area contributed by atoms with Gasteiger partial charge in [-0.05, 0) is 139 Å². The molecule has 0 N–H and O–H groups in total. The van der Waals surface area contributed by atoms with Gasteiger partial charge in [0.15, 0.2) is 0 Å². The van der Waals surface area contributed by atoms with E-state index in [9.17, 15) is 9.59 Å². The fraction of sp³-hybridized carbons (Fsp3) is 0.0294. The lowest BCUT2D eigenvalue weighted by Crippen LogP contribution is -2.11. The predicted molar refractivity (Wildman–Crippen MR) is 304 cm³/mol. The molecule has 0 amide bonds.